The first kappa shape index (κ1) is 20.2. The van der Waals surface area contributed by atoms with E-state index in [4.69, 9.17) is 14.2 Å². The molecule has 1 aliphatic rings. The van der Waals surface area contributed by atoms with Gasteiger partial charge in [-0.05, 0) is 35.9 Å². The second-order valence-corrected chi connectivity index (χ2v) is 7.63. The third kappa shape index (κ3) is 3.70. The summed E-state index contributed by atoms with van der Waals surface area (Å²) in [6, 6.07) is 10.4. The number of hydrogen-bond acceptors (Lipinski definition) is 6. The Morgan fingerprint density at radius 1 is 1.19 bits per heavy atom. The lowest BCUT2D eigenvalue weighted by atomic mass is 10.1. The Balaban J connectivity index is 1.41. The van der Waals surface area contributed by atoms with Crippen LogP contribution in [0.2, 0.25) is 0 Å². The van der Waals surface area contributed by atoms with Gasteiger partial charge in [0.15, 0.2) is 23.3 Å². The van der Waals surface area contributed by atoms with Crippen LogP contribution in [0, 0.1) is 0 Å². The third-order valence-electron chi connectivity index (χ3n) is 5.29. The van der Waals surface area contributed by atoms with E-state index in [1.807, 2.05) is 28.8 Å². The molecule has 0 bridgehead atoms. The van der Waals surface area contributed by atoms with E-state index in [1.165, 1.54) is 12.3 Å². The minimum atomic E-state index is -3.00. The van der Waals surface area contributed by atoms with Gasteiger partial charge in [0.05, 0.1) is 20.0 Å². The summed E-state index contributed by atoms with van der Waals surface area (Å²) in [6.07, 6.45) is 4.38. The highest BCUT2D eigenvalue weighted by Gasteiger charge is 2.29. The molecule has 7 nitrogen and oxygen atoms in total. The van der Waals surface area contributed by atoms with E-state index < -0.39 is 12.0 Å². The maximum atomic E-state index is 13.4. The maximum absolute atomic E-state index is 13.4. The lowest BCUT2D eigenvalue weighted by Crippen LogP contribution is -2.23. The predicted molar refractivity (Wildman–Crippen MR) is 112 cm³/mol. The minimum Gasteiger partial charge on any atom is -0.493 e. The van der Waals surface area contributed by atoms with Crippen LogP contribution >= 0.6 is 0 Å². The van der Waals surface area contributed by atoms with Crippen molar-refractivity contribution in [1.82, 2.24) is 19.5 Å². The fraction of sp³-hybridized carbons (Fsp3) is 0.261. The van der Waals surface area contributed by atoms with Gasteiger partial charge in [0.25, 0.3) is 5.92 Å². The molecule has 4 aromatic rings. The van der Waals surface area contributed by atoms with Crippen LogP contribution in [0.4, 0.5) is 8.78 Å². The summed E-state index contributed by atoms with van der Waals surface area (Å²) in [5.74, 6) is -1.46. The van der Waals surface area contributed by atoms with Crippen molar-refractivity contribution in [2.45, 2.75) is 25.5 Å². The summed E-state index contributed by atoms with van der Waals surface area (Å²) in [4.78, 5) is 12.6. The molecule has 0 fully saturated rings. The van der Waals surface area contributed by atoms with Crippen LogP contribution in [0.1, 0.15) is 29.8 Å². The van der Waals surface area contributed by atoms with E-state index in [1.54, 1.807) is 25.7 Å². The Morgan fingerprint density at radius 3 is 2.81 bits per heavy atom. The molecule has 9 heteroatoms. The van der Waals surface area contributed by atoms with Crippen LogP contribution < -0.4 is 14.2 Å². The molecule has 0 aliphatic carbocycles. The van der Waals surface area contributed by atoms with Crippen LogP contribution in [0.3, 0.4) is 0 Å². The van der Waals surface area contributed by atoms with Crippen LogP contribution in [0.25, 0.3) is 11.2 Å². The number of fused-ring (bicyclic) bond motifs is 2. The van der Waals surface area contributed by atoms with Gasteiger partial charge in [0.2, 0.25) is 5.75 Å². The SMILES string of the molecule is COc1cc(Cn2cnc3cccnc32)cc2c1OC(c1ccc(C(C)(F)F)nc1)CO2. The number of methoxy groups -OCH3 is 1. The number of rotatable bonds is 5. The Kier molecular flexibility index (Phi) is 4.88. The number of ether oxygens (including phenoxy) is 3. The van der Waals surface area contributed by atoms with Gasteiger partial charge in [0, 0.05) is 24.9 Å². The molecule has 0 radical (unpaired) electrons. The lowest BCUT2D eigenvalue weighted by molar-refractivity contribution is 0.0126. The molecular formula is C23H20F2N4O3. The van der Waals surface area contributed by atoms with E-state index in [0.717, 1.165) is 23.7 Å². The van der Waals surface area contributed by atoms with Crippen LogP contribution in [0.5, 0.6) is 17.2 Å². The largest absolute Gasteiger partial charge is 0.493 e. The van der Waals surface area contributed by atoms with Gasteiger partial charge < -0.3 is 18.8 Å². The fourth-order valence-electron chi connectivity index (χ4n) is 3.67. The summed E-state index contributed by atoms with van der Waals surface area (Å²) >= 11 is 0. The molecule has 4 heterocycles. The molecule has 1 aliphatic heterocycles. The molecule has 0 N–H and O–H groups in total. The summed E-state index contributed by atoms with van der Waals surface area (Å²) in [5.41, 5.74) is 2.90. The van der Waals surface area contributed by atoms with Crippen molar-refractivity contribution >= 4 is 11.2 Å². The Labute approximate surface area is 182 Å². The number of pyridine rings is 2. The van der Waals surface area contributed by atoms with Gasteiger partial charge in [-0.2, -0.15) is 8.78 Å². The summed E-state index contributed by atoms with van der Waals surface area (Å²) < 4.78 is 46.4. The van der Waals surface area contributed by atoms with Crippen LogP contribution in [0.15, 0.2) is 55.1 Å². The highest BCUT2D eigenvalue weighted by Crippen LogP contribution is 2.44. The number of halogens is 2. The van der Waals surface area contributed by atoms with Crippen molar-refractivity contribution in [1.29, 1.82) is 0 Å². The number of imidazole rings is 1. The maximum Gasteiger partial charge on any atom is 0.286 e. The molecule has 0 amide bonds. The van der Waals surface area contributed by atoms with Crippen molar-refractivity contribution in [3.05, 3.63) is 71.9 Å². The van der Waals surface area contributed by atoms with Gasteiger partial charge >= 0.3 is 0 Å². The summed E-state index contributed by atoms with van der Waals surface area (Å²) in [6.45, 7) is 1.57. The average molecular weight is 438 g/mol. The first-order valence-corrected chi connectivity index (χ1v) is 10.0. The van der Waals surface area contributed by atoms with E-state index in [-0.39, 0.29) is 12.3 Å². The molecular weight excluding hydrogens is 418 g/mol. The molecule has 1 unspecified atom stereocenters. The summed E-state index contributed by atoms with van der Waals surface area (Å²) in [7, 11) is 1.56. The topological polar surface area (TPSA) is 71.3 Å². The monoisotopic (exact) mass is 438 g/mol. The van der Waals surface area contributed by atoms with Gasteiger partial charge in [-0.3, -0.25) is 4.98 Å². The van der Waals surface area contributed by atoms with Crippen LogP contribution in [-0.4, -0.2) is 33.2 Å². The normalized spacial score (nSPS) is 15.7. The van der Waals surface area contributed by atoms with Gasteiger partial charge in [-0.15, -0.1) is 0 Å². The lowest BCUT2D eigenvalue weighted by Gasteiger charge is -2.28. The average Bonchev–Trinajstić information content (AvgIpc) is 3.20. The van der Waals surface area contributed by atoms with E-state index in [2.05, 4.69) is 15.0 Å². The highest BCUT2D eigenvalue weighted by molar-refractivity contribution is 5.70. The van der Waals surface area contributed by atoms with Crippen molar-refractivity contribution in [3.8, 4) is 17.2 Å². The van der Waals surface area contributed by atoms with Gasteiger partial charge in [0.1, 0.15) is 17.8 Å². The fourth-order valence-corrected chi connectivity index (χ4v) is 3.67. The zero-order valence-electron chi connectivity index (χ0n) is 17.5. The number of aromatic nitrogens is 4. The van der Waals surface area contributed by atoms with Crippen molar-refractivity contribution in [3.63, 3.8) is 0 Å². The zero-order valence-corrected chi connectivity index (χ0v) is 17.5. The van der Waals surface area contributed by atoms with Crippen molar-refractivity contribution < 1.29 is 23.0 Å². The standard InChI is InChI=1S/C23H20F2N4O3/c1-23(24,25)20-6-5-15(10-27-20)19-12-31-18-9-14(8-17(30-2)21(18)32-19)11-29-13-28-16-4-3-7-26-22(16)29/h3-10,13,19H,11-12H2,1-2H3. The van der Waals surface area contributed by atoms with Gasteiger partial charge in [-0.25, -0.2) is 9.97 Å². The molecule has 1 aromatic carbocycles. The molecule has 5 rings (SSSR count). The van der Waals surface area contributed by atoms with Crippen LogP contribution in [-0.2, 0) is 12.5 Å². The summed E-state index contributed by atoms with van der Waals surface area (Å²) in [5, 5.41) is 0. The molecule has 164 valence electrons. The smallest absolute Gasteiger partial charge is 0.286 e. The second kappa shape index (κ2) is 7.74. The molecule has 0 saturated heterocycles. The molecule has 3 aromatic heterocycles. The zero-order chi connectivity index (χ0) is 22.3. The Hall–Kier alpha value is -3.75. The number of hydrogen-bond donors (Lipinski definition) is 0. The third-order valence-corrected chi connectivity index (χ3v) is 5.29. The molecule has 1 atom stereocenters. The first-order chi connectivity index (χ1) is 15.4. The molecule has 0 spiro atoms. The number of benzene rings is 1. The Bertz CT molecular complexity index is 1250. The van der Waals surface area contributed by atoms with E-state index in [0.29, 0.717) is 29.4 Å². The quantitative estimate of drug-likeness (QED) is 0.457. The van der Waals surface area contributed by atoms with Crippen molar-refractivity contribution in [2.75, 3.05) is 13.7 Å². The number of nitrogens with zero attached hydrogens (tertiary/aromatic N) is 4. The Morgan fingerprint density at radius 2 is 2.06 bits per heavy atom. The van der Waals surface area contributed by atoms with Gasteiger partial charge in [-0.1, -0.05) is 6.07 Å². The first-order valence-electron chi connectivity index (χ1n) is 10.0. The van der Waals surface area contributed by atoms with Crippen molar-refractivity contribution in [2.24, 2.45) is 0 Å². The highest BCUT2D eigenvalue weighted by atomic mass is 19.3. The minimum absolute atomic E-state index is 0.221. The number of alkyl halides is 2. The second-order valence-electron chi connectivity index (χ2n) is 7.63. The molecule has 0 saturated carbocycles. The van der Waals surface area contributed by atoms with E-state index in [9.17, 15) is 8.78 Å². The molecule has 32 heavy (non-hydrogen) atoms. The predicted octanol–water partition coefficient (Wildman–Crippen LogP) is 4.51. The van der Waals surface area contributed by atoms with E-state index >= 15 is 0 Å².